The standard InChI is InChI=1S/C23H25NO4/c1-23(2)15-26-22(25)20(23)27-19-14-18(13-16-9-5-3-6-10-16)24-21(28-19)17-11-7-4-8-12-17/h3-12,18-20H,13-15H2,1-2H3/t18-,19-,20-/m0/s1. The van der Waals surface area contributed by atoms with Gasteiger partial charge in [-0.05, 0) is 24.1 Å². The maximum absolute atomic E-state index is 12.2. The zero-order chi connectivity index (χ0) is 19.6. The lowest BCUT2D eigenvalue weighted by Crippen LogP contribution is -2.41. The Morgan fingerprint density at radius 3 is 2.39 bits per heavy atom. The highest BCUT2D eigenvalue weighted by atomic mass is 16.7. The number of esters is 1. The van der Waals surface area contributed by atoms with Crippen molar-refractivity contribution < 1.29 is 19.0 Å². The summed E-state index contributed by atoms with van der Waals surface area (Å²) in [6.45, 7) is 4.30. The second kappa shape index (κ2) is 7.76. The zero-order valence-corrected chi connectivity index (χ0v) is 16.2. The van der Waals surface area contributed by atoms with Gasteiger partial charge < -0.3 is 14.2 Å². The van der Waals surface area contributed by atoms with Crippen molar-refractivity contribution in [1.82, 2.24) is 0 Å². The second-order valence-corrected chi connectivity index (χ2v) is 8.04. The van der Waals surface area contributed by atoms with E-state index in [9.17, 15) is 4.79 Å². The number of aliphatic imine (C=N–C) groups is 1. The third-order valence-corrected chi connectivity index (χ3v) is 5.14. The van der Waals surface area contributed by atoms with Gasteiger partial charge in [-0.25, -0.2) is 9.79 Å². The molecule has 28 heavy (non-hydrogen) atoms. The molecule has 146 valence electrons. The molecule has 0 aliphatic carbocycles. The highest BCUT2D eigenvalue weighted by Crippen LogP contribution is 2.33. The van der Waals surface area contributed by atoms with Crippen molar-refractivity contribution in [3.05, 3.63) is 71.8 Å². The number of carbonyl (C=O) groups excluding carboxylic acids is 1. The molecule has 0 unspecified atom stereocenters. The molecule has 2 aromatic rings. The van der Waals surface area contributed by atoms with Crippen LogP contribution in [0.3, 0.4) is 0 Å². The Hall–Kier alpha value is -2.66. The molecule has 0 spiro atoms. The summed E-state index contributed by atoms with van der Waals surface area (Å²) in [6.07, 6.45) is 0.200. The van der Waals surface area contributed by atoms with Crippen molar-refractivity contribution in [3.63, 3.8) is 0 Å². The van der Waals surface area contributed by atoms with E-state index >= 15 is 0 Å². The van der Waals surface area contributed by atoms with Crippen molar-refractivity contribution in [2.24, 2.45) is 10.4 Å². The molecule has 5 nitrogen and oxygen atoms in total. The topological polar surface area (TPSA) is 57.1 Å². The van der Waals surface area contributed by atoms with Crippen molar-refractivity contribution in [2.45, 2.75) is 45.1 Å². The van der Waals surface area contributed by atoms with E-state index in [1.165, 1.54) is 5.56 Å². The molecule has 2 aliphatic rings. The number of carbonyl (C=O) groups is 1. The summed E-state index contributed by atoms with van der Waals surface area (Å²) in [5.74, 6) is 0.235. The van der Waals surface area contributed by atoms with Crippen LogP contribution in [0.25, 0.3) is 0 Å². The van der Waals surface area contributed by atoms with Gasteiger partial charge in [0, 0.05) is 17.4 Å². The monoisotopic (exact) mass is 379 g/mol. The van der Waals surface area contributed by atoms with E-state index in [0.717, 1.165) is 12.0 Å². The Balaban J connectivity index is 1.56. The quantitative estimate of drug-likeness (QED) is 0.743. The van der Waals surface area contributed by atoms with Gasteiger partial charge in [0.15, 0.2) is 6.10 Å². The summed E-state index contributed by atoms with van der Waals surface area (Å²) in [4.78, 5) is 17.0. The zero-order valence-electron chi connectivity index (χ0n) is 16.2. The average Bonchev–Trinajstić information content (AvgIpc) is 2.96. The molecule has 2 aromatic carbocycles. The molecule has 1 saturated heterocycles. The lowest BCUT2D eigenvalue weighted by atomic mass is 9.89. The van der Waals surface area contributed by atoms with Gasteiger partial charge >= 0.3 is 5.97 Å². The largest absolute Gasteiger partial charge is 0.463 e. The van der Waals surface area contributed by atoms with Crippen LogP contribution in [0, 0.1) is 5.41 Å². The van der Waals surface area contributed by atoms with Crippen LogP contribution in [0.15, 0.2) is 65.7 Å². The number of benzene rings is 2. The summed E-state index contributed by atoms with van der Waals surface area (Å²) >= 11 is 0. The molecule has 0 radical (unpaired) electrons. The Bertz CT molecular complexity index is 847. The Morgan fingerprint density at radius 2 is 1.75 bits per heavy atom. The molecule has 0 amide bonds. The van der Waals surface area contributed by atoms with E-state index in [2.05, 4.69) is 12.1 Å². The second-order valence-electron chi connectivity index (χ2n) is 8.04. The Kier molecular flexibility index (Phi) is 5.18. The van der Waals surface area contributed by atoms with Crippen molar-refractivity contribution in [2.75, 3.05) is 6.61 Å². The molecule has 0 aromatic heterocycles. The van der Waals surface area contributed by atoms with Gasteiger partial charge in [-0.3, -0.25) is 0 Å². The van der Waals surface area contributed by atoms with Crippen LogP contribution in [-0.4, -0.2) is 36.9 Å². The highest BCUT2D eigenvalue weighted by Gasteiger charge is 2.46. The predicted octanol–water partition coefficient (Wildman–Crippen LogP) is 3.76. The first-order valence-corrected chi connectivity index (χ1v) is 9.67. The van der Waals surface area contributed by atoms with Crippen LogP contribution in [-0.2, 0) is 25.4 Å². The fraction of sp³-hybridized carbons (Fsp3) is 0.391. The van der Waals surface area contributed by atoms with Crippen LogP contribution in [0.2, 0.25) is 0 Å². The molecule has 4 rings (SSSR count). The Morgan fingerprint density at radius 1 is 1.07 bits per heavy atom. The minimum absolute atomic E-state index is 0.0110. The first-order valence-electron chi connectivity index (χ1n) is 9.67. The number of cyclic esters (lactones) is 1. The Labute approximate surface area is 165 Å². The first kappa shape index (κ1) is 18.7. The number of rotatable bonds is 5. The lowest BCUT2D eigenvalue weighted by Gasteiger charge is -2.32. The maximum atomic E-state index is 12.2. The molecule has 5 heteroatoms. The summed E-state index contributed by atoms with van der Waals surface area (Å²) in [7, 11) is 0. The summed E-state index contributed by atoms with van der Waals surface area (Å²) in [5.41, 5.74) is 1.74. The summed E-state index contributed by atoms with van der Waals surface area (Å²) < 4.78 is 17.4. The minimum atomic E-state index is -0.634. The normalized spacial score (nSPS) is 26.3. The first-order chi connectivity index (χ1) is 13.5. The summed E-state index contributed by atoms with van der Waals surface area (Å²) in [6, 6.07) is 20.1. The van der Waals surface area contributed by atoms with Crippen molar-refractivity contribution in [1.29, 1.82) is 0 Å². The van der Waals surface area contributed by atoms with Gasteiger partial charge in [0.25, 0.3) is 0 Å². The molecule has 1 fully saturated rings. The van der Waals surface area contributed by atoms with Crippen LogP contribution in [0.1, 0.15) is 31.4 Å². The van der Waals surface area contributed by atoms with Gasteiger partial charge in [0.05, 0.1) is 12.6 Å². The molecule has 0 bridgehead atoms. The average molecular weight is 379 g/mol. The van der Waals surface area contributed by atoms with E-state index < -0.39 is 12.4 Å². The predicted molar refractivity (Wildman–Crippen MR) is 106 cm³/mol. The van der Waals surface area contributed by atoms with E-state index in [-0.39, 0.29) is 17.4 Å². The van der Waals surface area contributed by atoms with E-state index in [4.69, 9.17) is 19.2 Å². The minimum Gasteiger partial charge on any atom is -0.463 e. The number of hydrogen-bond donors (Lipinski definition) is 0. The van der Waals surface area contributed by atoms with E-state index in [1.54, 1.807) is 0 Å². The lowest BCUT2D eigenvalue weighted by molar-refractivity contribution is -0.175. The molecule has 2 aliphatic heterocycles. The van der Waals surface area contributed by atoms with Gasteiger partial charge in [0.1, 0.15) is 0 Å². The molecular weight excluding hydrogens is 354 g/mol. The SMILES string of the molecule is CC1(C)COC(=O)[C@@H]1O[C@@H]1C[C@H](Cc2ccccc2)N=C(c2ccccc2)O1. The number of ether oxygens (including phenoxy) is 3. The number of nitrogens with zero attached hydrogens (tertiary/aromatic N) is 1. The van der Waals surface area contributed by atoms with Gasteiger partial charge in [0.2, 0.25) is 12.2 Å². The van der Waals surface area contributed by atoms with Crippen molar-refractivity contribution >= 4 is 11.9 Å². The molecule has 2 heterocycles. The van der Waals surface area contributed by atoms with Crippen LogP contribution in [0.5, 0.6) is 0 Å². The molecule has 0 N–H and O–H groups in total. The van der Waals surface area contributed by atoms with Gasteiger partial charge in [-0.2, -0.15) is 0 Å². The number of hydrogen-bond acceptors (Lipinski definition) is 5. The van der Waals surface area contributed by atoms with Crippen LogP contribution < -0.4 is 0 Å². The van der Waals surface area contributed by atoms with Crippen molar-refractivity contribution in [3.8, 4) is 0 Å². The van der Waals surface area contributed by atoms with Gasteiger partial charge in [-0.15, -0.1) is 0 Å². The van der Waals surface area contributed by atoms with Crippen LogP contribution >= 0.6 is 0 Å². The maximum Gasteiger partial charge on any atom is 0.336 e. The van der Waals surface area contributed by atoms with E-state index in [1.807, 2.05) is 62.4 Å². The van der Waals surface area contributed by atoms with Crippen LogP contribution in [0.4, 0.5) is 0 Å². The fourth-order valence-corrected chi connectivity index (χ4v) is 3.58. The third kappa shape index (κ3) is 4.09. The smallest absolute Gasteiger partial charge is 0.336 e. The summed E-state index contributed by atoms with van der Waals surface area (Å²) in [5, 5.41) is 0. The fourth-order valence-electron chi connectivity index (χ4n) is 3.58. The molecule has 0 saturated carbocycles. The van der Waals surface area contributed by atoms with E-state index in [0.29, 0.717) is 18.9 Å². The van der Waals surface area contributed by atoms with Gasteiger partial charge in [-0.1, -0.05) is 62.4 Å². The molecular formula is C23H25NO4. The highest BCUT2D eigenvalue weighted by molar-refractivity contribution is 5.94. The molecule has 3 atom stereocenters. The third-order valence-electron chi connectivity index (χ3n) is 5.14.